The van der Waals surface area contributed by atoms with E-state index in [1.807, 2.05) is 30.3 Å². The molecule has 39 heavy (non-hydrogen) atoms. The predicted octanol–water partition coefficient (Wildman–Crippen LogP) is 7.71. The van der Waals surface area contributed by atoms with Crippen LogP contribution in [0.2, 0.25) is 0 Å². The number of nitrogens with zero attached hydrogens (tertiary/aromatic N) is 2. The van der Waals surface area contributed by atoms with E-state index in [1.54, 1.807) is 21.3 Å². The zero-order valence-corrected chi connectivity index (χ0v) is 23.4. The number of rotatable bonds is 10. The van der Waals surface area contributed by atoms with E-state index >= 15 is 0 Å². The van der Waals surface area contributed by atoms with E-state index < -0.39 is 8.80 Å². The molecule has 5 aromatic carbocycles. The highest BCUT2D eigenvalue weighted by molar-refractivity contribution is 6.75. The number of hydrogen-bond acceptors (Lipinski definition) is 5. The zero-order valence-electron chi connectivity index (χ0n) is 22.4. The first kappa shape index (κ1) is 26.4. The molecular formula is C33H32N2O3Si. The Bertz CT molecular complexity index is 1400. The third-order valence-corrected chi connectivity index (χ3v) is 9.35. The fraction of sp³-hybridized carbons (Fsp3) is 0.0909. The van der Waals surface area contributed by atoms with E-state index in [0.717, 1.165) is 39.3 Å². The van der Waals surface area contributed by atoms with Crippen LogP contribution in [0.5, 0.6) is 0 Å². The Balaban J connectivity index is 1.54. The van der Waals surface area contributed by atoms with E-state index in [-0.39, 0.29) is 0 Å². The van der Waals surface area contributed by atoms with Gasteiger partial charge in [0.2, 0.25) is 0 Å². The van der Waals surface area contributed by atoms with E-state index in [9.17, 15) is 0 Å². The van der Waals surface area contributed by atoms with Crippen LogP contribution in [0.25, 0.3) is 0 Å². The van der Waals surface area contributed by atoms with Gasteiger partial charge >= 0.3 is 8.80 Å². The van der Waals surface area contributed by atoms with Crippen molar-refractivity contribution in [3.63, 3.8) is 0 Å². The van der Waals surface area contributed by atoms with Gasteiger partial charge in [0.1, 0.15) is 0 Å². The Hall–Kier alpha value is -4.20. The van der Waals surface area contributed by atoms with E-state index in [1.165, 1.54) is 0 Å². The Kier molecular flexibility index (Phi) is 8.20. The van der Waals surface area contributed by atoms with Crippen molar-refractivity contribution < 1.29 is 13.3 Å². The second-order valence-electron chi connectivity index (χ2n) is 8.91. The SMILES string of the molecule is CO[Si](OC)(OC)c1ccc(N(c2ccccc2)c2ccc(N(c3ccccc3)c3ccccc3)cc2)cc1. The molecule has 0 aliphatic rings. The van der Waals surface area contributed by atoms with Crippen LogP contribution in [0.1, 0.15) is 0 Å². The van der Waals surface area contributed by atoms with Gasteiger partial charge in [-0.3, -0.25) is 0 Å². The molecule has 5 aromatic rings. The van der Waals surface area contributed by atoms with E-state index in [2.05, 4.69) is 119 Å². The maximum atomic E-state index is 5.68. The quantitative estimate of drug-likeness (QED) is 0.172. The molecule has 5 rings (SSSR count). The van der Waals surface area contributed by atoms with Crippen molar-refractivity contribution in [1.82, 2.24) is 0 Å². The summed E-state index contributed by atoms with van der Waals surface area (Å²) in [5.41, 5.74) is 6.42. The van der Waals surface area contributed by atoms with Gasteiger partial charge in [-0.1, -0.05) is 66.7 Å². The largest absolute Gasteiger partial charge is 0.536 e. The summed E-state index contributed by atoms with van der Waals surface area (Å²) in [6.07, 6.45) is 0. The van der Waals surface area contributed by atoms with Crippen LogP contribution in [-0.4, -0.2) is 30.1 Å². The number of para-hydroxylation sites is 3. The lowest BCUT2D eigenvalue weighted by Crippen LogP contribution is -2.54. The van der Waals surface area contributed by atoms with Crippen LogP contribution in [-0.2, 0) is 13.3 Å². The Morgan fingerprint density at radius 1 is 0.359 bits per heavy atom. The summed E-state index contributed by atoms with van der Waals surface area (Å²) in [6, 6.07) is 48.1. The van der Waals surface area contributed by atoms with Crippen molar-refractivity contribution in [3.05, 3.63) is 140 Å². The second kappa shape index (κ2) is 12.1. The number of benzene rings is 5. The minimum atomic E-state index is -2.92. The second-order valence-corrected chi connectivity index (χ2v) is 11.8. The lowest BCUT2D eigenvalue weighted by atomic mass is 10.1. The molecule has 0 aromatic heterocycles. The van der Waals surface area contributed by atoms with Gasteiger partial charge in [-0.2, -0.15) is 0 Å². The van der Waals surface area contributed by atoms with Gasteiger partial charge in [0.25, 0.3) is 0 Å². The molecule has 0 fully saturated rings. The molecule has 5 nitrogen and oxygen atoms in total. The first-order chi connectivity index (χ1) is 19.2. The standard InChI is InChI=1S/C33H32N2O3Si/c1-36-39(37-2,38-3)33-25-23-32(24-26-33)35(29-17-11-6-12-18-29)31-21-19-30(20-22-31)34(27-13-7-4-8-14-27)28-15-9-5-10-16-28/h4-26H,1-3H3. The molecule has 0 aliphatic carbocycles. The van der Waals surface area contributed by atoms with Gasteiger partial charge in [-0.25, -0.2) is 0 Å². The van der Waals surface area contributed by atoms with Crippen LogP contribution < -0.4 is 15.0 Å². The molecule has 0 amide bonds. The highest BCUT2D eigenvalue weighted by atomic mass is 28.4. The fourth-order valence-corrected chi connectivity index (χ4v) is 6.58. The molecule has 196 valence electrons. The number of hydrogen-bond donors (Lipinski definition) is 0. The summed E-state index contributed by atoms with van der Waals surface area (Å²) >= 11 is 0. The van der Waals surface area contributed by atoms with Crippen LogP contribution in [0, 0.1) is 0 Å². The monoisotopic (exact) mass is 532 g/mol. The predicted molar refractivity (Wildman–Crippen MR) is 162 cm³/mol. The summed E-state index contributed by atoms with van der Waals surface area (Å²) in [5, 5.41) is 0.906. The normalized spacial score (nSPS) is 11.3. The van der Waals surface area contributed by atoms with E-state index in [0.29, 0.717) is 0 Å². The Labute approximate surface area is 231 Å². The van der Waals surface area contributed by atoms with Gasteiger partial charge in [0.05, 0.1) is 0 Å². The average molecular weight is 533 g/mol. The minimum Gasteiger partial charge on any atom is -0.373 e. The van der Waals surface area contributed by atoms with Crippen molar-refractivity contribution in [2.75, 3.05) is 31.1 Å². The molecule has 0 N–H and O–H groups in total. The van der Waals surface area contributed by atoms with Crippen molar-refractivity contribution in [2.24, 2.45) is 0 Å². The van der Waals surface area contributed by atoms with Crippen LogP contribution in [0.15, 0.2) is 140 Å². The molecule has 0 spiro atoms. The van der Waals surface area contributed by atoms with E-state index in [4.69, 9.17) is 13.3 Å². The smallest absolute Gasteiger partial charge is 0.373 e. The topological polar surface area (TPSA) is 34.2 Å². The van der Waals surface area contributed by atoms with Crippen molar-refractivity contribution in [3.8, 4) is 0 Å². The summed E-state index contributed by atoms with van der Waals surface area (Å²) in [5.74, 6) is 0. The third kappa shape index (κ3) is 5.50. The van der Waals surface area contributed by atoms with Gasteiger partial charge in [-0.05, 0) is 72.8 Å². The molecular weight excluding hydrogens is 500 g/mol. The molecule has 0 saturated carbocycles. The molecule has 0 saturated heterocycles. The highest BCUT2D eigenvalue weighted by Gasteiger charge is 2.40. The third-order valence-electron chi connectivity index (χ3n) is 6.69. The fourth-order valence-electron chi connectivity index (χ4n) is 4.79. The van der Waals surface area contributed by atoms with Crippen LogP contribution >= 0.6 is 0 Å². The van der Waals surface area contributed by atoms with Crippen LogP contribution in [0.4, 0.5) is 34.1 Å². The van der Waals surface area contributed by atoms with Gasteiger partial charge < -0.3 is 23.1 Å². The molecule has 0 atom stereocenters. The minimum absolute atomic E-state index is 0.906. The molecule has 6 heteroatoms. The molecule has 0 heterocycles. The number of anilines is 6. The summed E-state index contributed by atoms with van der Waals surface area (Å²) < 4.78 is 17.0. The van der Waals surface area contributed by atoms with Gasteiger partial charge in [0, 0.05) is 60.6 Å². The van der Waals surface area contributed by atoms with Crippen LogP contribution in [0.3, 0.4) is 0 Å². The van der Waals surface area contributed by atoms with Gasteiger partial charge in [0.15, 0.2) is 0 Å². The molecule has 0 unspecified atom stereocenters. The summed E-state index contributed by atoms with van der Waals surface area (Å²) in [7, 11) is 1.95. The average Bonchev–Trinajstić information content (AvgIpc) is 3.02. The van der Waals surface area contributed by atoms with Gasteiger partial charge in [-0.15, -0.1) is 0 Å². The first-order valence-electron chi connectivity index (χ1n) is 12.8. The van der Waals surface area contributed by atoms with Crippen molar-refractivity contribution >= 4 is 48.1 Å². The Morgan fingerprint density at radius 3 is 0.897 bits per heavy atom. The zero-order chi connectivity index (χ0) is 27.1. The summed E-state index contributed by atoms with van der Waals surface area (Å²) in [4.78, 5) is 4.49. The maximum absolute atomic E-state index is 5.68. The lowest BCUT2D eigenvalue weighted by Gasteiger charge is -2.29. The van der Waals surface area contributed by atoms with Crippen molar-refractivity contribution in [2.45, 2.75) is 0 Å². The lowest BCUT2D eigenvalue weighted by molar-refractivity contribution is 0.140. The van der Waals surface area contributed by atoms with Crippen molar-refractivity contribution in [1.29, 1.82) is 0 Å². The highest BCUT2D eigenvalue weighted by Crippen LogP contribution is 2.38. The molecule has 0 bridgehead atoms. The molecule has 0 aliphatic heterocycles. The molecule has 0 radical (unpaired) electrons. The Morgan fingerprint density at radius 2 is 0.615 bits per heavy atom. The summed E-state index contributed by atoms with van der Waals surface area (Å²) in [6.45, 7) is 0. The maximum Gasteiger partial charge on any atom is 0.536 e. The first-order valence-corrected chi connectivity index (χ1v) is 14.5.